The topological polar surface area (TPSA) is 0 Å². The zero-order chi connectivity index (χ0) is 8.60. The van der Waals surface area contributed by atoms with Crippen molar-refractivity contribution >= 4 is 0 Å². The molecule has 0 aromatic heterocycles. The van der Waals surface area contributed by atoms with E-state index in [1.807, 2.05) is 0 Å². The molecule has 1 aliphatic rings. The number of hydrogen-bond acceptors (Lipinski definition) is 0. The average Bonchev–Trinajstić information content (AvgIpc) is 2.85. The molecule has 0 amide bonds. The van der Waals surface area contributed by atoms with E-state index < -0.39 is 0 Å². The monoisotopic (exact) mass is 160 g/mol. The maximum absolute atomic E-state index is 2.38. The highest BCUT2D eigenvalue weighted by atomic mass is 14.4. The van der Waals surface area contributed by atoms with Gasteiger partial charge in [-0.2, -0.15) is 0 Å². The zero-order valence-corrected chi connectivity index (χ0v) is 7.93. The molecule has 0 N–H and O–H groups in total. The van der Waals surface area contributed by atoms with E-state index in [2.05, 4.69) is 38.1 Å². The number of rotatable bonds is 2. The predicted octanol–water partition coefficient (Wildman–Crippen LogP) is 3.30. The van der Waals surface area contributed by atoms with Crippen LogP contribution in [0.3, 0.4) is 0 Å². The van der Waals surface area contributed by atoms with Crippen LogP contribution >= 0.6 is 0 Å². The highest BCUT2D eigenvalue weighted by Crippen LogP contribution is 2.48. The lowest BCUT2D eigenvalue weighted by molar-refractivity contribution is 0.771. The van der Waals surface area contributed by atoms with E-state index in [0.29, 0.717) is 5.41 Å². The van der Waals surface area contributed by atoms with E-state index in [1.165, 1.54) is 24.8 Å². The summed E-state index contributed by atoms with van der Waals surface area (Å²) >= 11 is 0. The molecule has 1 fully saturated rings. The Kier molecular flexibility index (Phi) is 1.71. The minimum Gasteiger partial charge on any atom is -0.0620 e. The fourth-order valence-corrected chi connectivity index (χ4v) is 1.87. The maximum Gasteiger partial charge on any atom is -0.00719 e. The van der Waals surface area contributed by atoms with Crippen molar-refractivity contribution in [2.75, 3.05) is 0 Å². The van der Waals surface area contributed by atoms with Crippen molar-refractivity contribution in [3.8, 4) is 0 Å². The first-order valence-corrected chi connectivity index (χ1v) is 4.85. The molecule has 64 valence electrons. The molecule has 12 heavy (non-hydrogen) atoms. The second-order valence-electron chi connectivity index (χ2n) is 4.07. The van der Waals surface area contributed by atoms with E-state index in [-0.39, 0.29) is 0 Å². The molecule has 0 saturated heterocycles. The minimum absolute atomic E-state index is 0.534. The van der Waals surface area contributed by atoms with Crippen LogP contribution < -0.4 is 0 Å². The molecule has 0 heterocycles. The van der Waals surface area contributed by atoms with Crippen LogP contribution in [0.5, 0.6) is 0 Å². The Balaban J connectivity index is 2.42. The predicted molar refractivity (Wildman–Crippen MR) is 52.4 cm³/mol. The van der Waals surface area contributed by atoms with Crippen LogP contribution in [0.2, 0.25) is 0 Å². The SMILES string of the molecule is CCc1ccccc1C1(C)CC1. The molecule has 0 bridgehead atoms. The first-order valence-electron chi connectivity index (χ1n) is 4.85. The molecule has 0 aliphatic heterocycles. The van der Waals surface area contributed by atoms with Gasteiger partial charge in [-0.3, -0.25) is 0 Å². The van der Waals surface area contributed by atoms with Gasteiger partial charge >= 0.3 is 0 Å². The number of aryl methyl sites for hydroxylation is 1. The molecule has 0 radical (unpaired) electrons. The lowest BCUT2D eigenvalue weighted by Gasteiger charge is -2.13. The summed E-state index contributed by atoms with van der Waals surface area (Å²) in [4.78, 5) is 0. The fraction of sp³-hybridized carbons (Fsp3) is 0.500. The van der Waals surface area contributed by atoms with Crippen LogP contribution in [0.15, 0.2) is 24.3 Å². The second kappa shape index (κ2) is 2.62. The van der Waals surface area contributed by atoms with Gasteiger partial charge in [0, 0.05) is 0 Å². The molecule has 0 heteroatoms. The van der Waals surface area contributed by atoms with Crippen molar-refractivity contribution in [2.45, 2.75) is 38.5 Å². The zero-order valence-electron chi connectivity index (χ0n) is 7.93. The van der Waals surface area contributed by atoms with Gasteiger partial charge in [-0.15, -0.1) is 0 Å². The van der Waals surface area contributed by atoms with Crippen LogP contribution in [0, 0.1) is 0 Å². The van der Waals surface area contributed by atoms with E-state index >= 15 is 0 Å². The largest absolute Gasteiger partial charge is 0.0620 e. The molecular weight excluding hydrogens is 144 g/mol. The summed E-state index contributed by atoms with van der Waals surface area (Å²) in [6.07, 6.45) is 3.93. The summed E-state index contributed by atoms with van der Waals surface area (Å²) in [5, 5.41) is 0. The van der Waals surface area contributed by atoms with E-state index in [4.69, 9.17) is 0 Å². The van der Waals surface area contributed by atoms with Gasteiger partial charge in [0.2, 0.25) is 0 Å². The summed E-state index contributed by atoms with van der Waals surface area (Å²) in [6.45, 7) is 4.62. The number of benzene rings is 1. The molecular formula is C12H16. The third-order valence-electron chi connectivity index (χ3n) is 3.05. The summed E-state index contributed by atoms with van der Waals surface area (Å²) in [5.41, 5.74) is 3.66. The second-order valence-corrected chi connectivity index (χ2v) is 4.07. The van der Waals surface area contributed by atoms with Crippen molar-refractivity contribution in [2.24, 2.45) is 0 Å². The number of hydrogen-bond donors (Lipinski definition) is 0. The van der Waals surface area contributed by atoms with E-state index in [1.54, 1.807) is 5.56 Å². The molecule has 1 aromatic carbocycles. The highest BCUT2D eigenvalue weighted by molar-refractivity contribution is 5.37. The van der Waals surface area contributed by atoms with E-state index in [0.717, 1.165) is 0 Å². The van der Waals surface area contributed by atoms with Gasteiger partial charge in [0.25, 0.3) is 0 Å². The van der Waals surface area contributed by atoms with Gasteiger partial charge in [0.1, 0.15) is 0 Å². The third-order valence-corrected chi connectivity index (χ3v) is 3.05. The quantitative estimate of drug-likeness (QED) is 0.622. The van der Waals surface area contributed by atoms with Gasteiger partial charge in [0.15, 0.2) is 0 Å². The normalized spacial score (nSPS) is 19.2. The van der Waals surface area contributed by atoms with Gasteiger partial charge < -0.3 is 0 Å². The Morgan fingerprint density at radius 3 is 2.50 bits per heavy atom. The molecule has 1 aromatic rings. The van der Waals surface area contributed by atoms with Crippen molar-refractivity contribution in [1.82, 2.24) is 0 Å². The molecule has 0 spiro atoms. The van der Waals surface area contributed by atoms with Gasteiger partial charge in [-0.05, 0) is 35.8 Å². The Labute approximate surface area is 74.6 Å². The first-order chi connectivity index (χ1) is 5.76. The third kappa shape index (κ3) is 1.16. The Morgan fingerprint density at radius 2 is 1.92 bits per heavy atom. The van der Waals surface area contributed by atoms with Crippen molar-refractivity contribution in [3.63, 3.8) is 0 Å². The van der Waals surface area contributed by atoms with Crippen molar-refractivity contribution < 1.29 is 0 Å². The lowest BCUT2D eigenvalue weighted by atomic mass is 9.92. The summed E-state index contributed by atoms with van der Waals surface area (Å²) < 4.78 is 0. The molecule has 0 nitrogen and oxygen atoms in total. The lowest BCUT2D eigenvalue weighted by Crippen LogP contribution is -2.03. The minimum atomic E-state index is 0.534. The first kappa shape index (κ1) is 7.85. The standard InChI is InChI=1S/C12H16/c1-3-10-6-4-5-7-11(10)12(2)8-9-12/h4-7H,3,8-9H2,1-2H3. The van der Waals surface area contributed by atoms with Crippen LogP contribution in [-0.2, 0) is 11.8 Å². The fourth-order valence-electron chi connectivity index (χ4n) is 1.87. The Morgan fingerprint density at radius 1 is 1.25 bits per heavy atom. The molecule has 0 atom stereocenters. The van der Waals surface area contributed by atoms with Crippen LogP contribution in [-0.4, -0.2) is 0 Å². The average molecular weight is 160 g/mol. The Bertz CT molecular complexity index is 282. The van der Waals surface area contributed by atoms with Gasteiger partial charge in [0.05, 0.1) is 0 Å². The summed E-state index contributed by atoms with van der Waals surface area (Å²) in [5.74, 6) is 0. The summed E-state index contributed by atoms with van der Waals surface area (Å²) in [7, 11) is 0. The van der Waals surface area contributed by atoms with Crippen LogP contribution in [0.1, 0.15) is 37.8 Å². The Hall–Kier alpha value is -0.780. The van der Waals surface area contributed by atoms with Gasteiger partial charge in [-0.25, -0.2) is 0 Å². The molecule has 0 unspecified atom stereocenters. The highest BCUT2D eigenvalue weighted by Gasteiger charge is 2.39. The smallest absolute Gasteiger partial charge is 0.00719 e. The van der Waals surface area contributed by atoms with Crippen molar-refractivity contribution in [1.29, 1.82) is 0 Å². The van der Waals surface area contributed by atoms with Crippen LogP contribution in [0.4, 0.5) is 0 Å². The van der Waals surface area contributed by atoms with Gasteiger partial charge in [-0.1, -0.05) is 38.1 Å². The molecule has 1 aliphatic carbocycles. The maximum atomic E-state index is 2.38. The molecule has 1 saturated carbocycles. The molecule has 2 rings (SSSR count). The van der Waals surface area contributed by atoms with Crippen LogP contribution in [0.25, 0.3) is 0 Å². The van der Waals surface area contributed by atoms with Crippen molar-refractivity contribution in [3.05, 3.63) is 35.4 Å². The summed E-state index contributed by atoms with van der Waals surface area (Å²) in [6, 6.07) is 8.87. The van der Waals surface area contributed by atoms with E-state index in [9.17, 15) is 0 Å².